The molecule has 3 rings (SSSR count). The van der Waals surface area contributed by atoms with Crippen molar-refractivity contribution in [3.63, 3.8) is 0 Å². The number of aliphatic imine (C=N–C) groups is 1. The van der Waals surface area contributed by atoms with Crippen LogP contribution in [0.15, 0.2) is 28.7 Å². The summed E-state index contributed by atoms with van der Waals surface area (Å²) in [5.41, 5.74) is 2.13. The standard InChI is InChI=1S/C22H35N7OS.HI/c1-6-23-22(28(4)15-19-16-31-21(26-19)17(2)30-5)25-14-18-7-8-20(24-13-18)29-11-9-27(3)10-12-29;/h7-8,13,16-17H,6,9-12,14-15H2,1-5H3,(H,23,25);1H. The summed E-state index contributed by atoms with van der Waals surface area (Å²) in [7, 11) is 5.91. The number of aromatic nitrogens is 2. The van der Waals surface area contributed by atoms with E-state index in [4.69, 9.17) is 14.7 Å². The number of anilines is 1. The molecule has 0 aliphatic carbocycles. The molecule has 3 heterocycles. The molecule has 0 aromatic carbocycles. The largest absolute Gasteiger partial charge is 0.375 e. The van der Waals surface area contributed by atoms with Crippen LogP contribution in [0, 0.1) is 0 Å². The van der Waals surface area contributed by atoms with Gasteiger partial charge in [0.2, 0.25) is 0 Å². The molecular formula is C22H36IN7OS. The molecule has 1 N–H and O–H groups in total. The van der Waals surface area contributed by atoms with E-state index in [1.165, 1.54) is 0 Å². The molecule has 1 saturated heterocycles. The van der Waals surface area contributed by atoms with Gasteiger partial charge >= 0.3 is 0 Å². The minimum absolute atomic E-state index is 0. The fourth-order valence-corrected chi connectivity index (χ4v) is 4.21. The number of ether oxygens (including phenoxy) is 1. The van der Waals surface area contributed by atoms with Crippen LogP contribution >= 0.6 is 35.3 Å². The van der Waals surface area contributed by atoms with Gasteiger partial charge in [-0.2, -0.15) is 0 Å². The van der Waals surface area contributed by atoms with Gasteiger partial charge in [-0.25, -0.2) is 15.0 Å². The zero-order valence-corrected chi connectivity index (χ0v) is 22.9. The summed E-state index contributed by atoms with van der Waals surface area (Å²) in [6, 6.07) is 4.24. The molecule has 178 valence electrons. The third kappa shape index (κ3) is 7.53. The number of rotatable bonds is 8. The highest BCUT2D eigenvalue weighted by Gasteiger charge is 2.15. The van der Waals surface area contributed by atoms with Gasteiger partial charge in [-0.3, -0.25) is 0 Å². The lowest BCUT2D eigenvalue weighted by atomic mass is 10.2. The molecule has 2 aromatic rings. The number of halogens is 1. The minimum atomic E-state index is 0. The first-order chi connectivity index (χ1) is 15.0. The second kappa shape index (κ2) is 13.3. The van der Waals surface area contributed by atoms with E-state index in [0.717, 1.165) is 60.8 Å². The Morgan fingerprint density at radius 1 is 1.31 bits per heavy atom. The molecule has 32 heavy (non-hydrogen) atoms. The van der Waals surface area contributed by atoms with Gasteiger partial charge in [0.1, 0.15) is 16.9 Å². The molecule has 1 fully saturated rings. The SMILES string of the molecule is CCNC(=NCc1ccc(N2CCN(C)CC2)nc1)N(C)Cc1csc(C(C)OC)n1.I. The van der Waals surface area contributed by atoms with Crippen molar-refractivity contribution in [2.75, 3.05) is 58.8 Å². The Morgan fingerprint density at radius 3 is 2.69 bits per heavy atom. The van der Waals surface area contributed by atoms with Crippen molar-refractivity contribution < 1.29 is 4.74 Å². The highest BCUT2D eigenvalue weighted by Crippen LogP contribution is 2.21. The first-order valence-electron chi connectivity index (χ1n) is 10.8. The van der Waals surface area contributed by atoms with E-state index in [0.29, 0.717) is 13.1 Å². The number of likely N-dealkylation sites (N-methyl/N-ethyl adjacent to an activating group) is 1. The molecule has 2 aromatic heterocycles. The Bertz CT molecular complexity index is 837. The quantitative estimate of drug-likeness (QED) is 0.296. The molecule has 1 aliphatic rings. The fraction of sp³-hybridized carbons (Fsp3) is 0.591. The molecule has 0 radical (unpaired) electrons. The van der Waals surface area contributed by atoms with Crippen LogP contribution in [0.2, 0.25) is 0 Å². The van der Waals surface area contributed by atoms with Crippen LogP contribution in [0.5, 0.6) is 0 Å². The van der Waals surface area contributed by atoms with Crippen molar-refractivity contribution in [3.8, 4) is 0 Å². The predicted molar refractivity (Wildman–Crippen MR) is 143 cm³/mol. The Labute approximate surface area is 213 Å². The molecule has 1 atom stereocenters. The van der Waals surface area contributed by atoms with E-state index in [1.54, 1.807) is 18.4 Å². The number of nitrogens with one attached hydrogen (secondary N) is 1. The highest BCUT2D eigenvalue weighted by molar-refractivity contribution is 14.0. The van der Waals surface area contributed by atoms with Gasteiger partial charge in [-0.05, 0) is 32.5 Å². The number of thiazole rings is 1. The van der Waals surface area contributed by atoms with E-state index >= 15 is 0 Å². The molecule has 0 bridgehead atoms. The summed E-state index contributed by atoms with van der Waals surface area (Å²) in [6.45, 7) is 10.4. The van der Waals surface area contributed by atoms with E-state index < -0.39 is 0 Å². The van der Waals surface area contributed by atoms with Crippen LogP contribution < -0.4 is 10.2 Å². The van der Waals surface area contributed by atoms with Gasteiger partial charge in [-0.15, -0.1) is 35.3 Å². The molecule has 1 aliphatic heterocycles. The number of hydrogen-bond acceptors (Lipinski definition) is 7. The average molecular weight is 574 g/mol. The molecule has 10 heteroatoms. The van der Waals surface area contributed by atoms with Crippen LogP contribution in [0.1, 0.15) is 36.2 Å². The summed E-state index contributed by atoms with van der Waals surface area (Å²) in [6.07, 6.45) is 1.96. The number of pyridine rings is 1. The van der Waals surface area contributed by atoms with Crippen molar-refractivity contribution in [2.45, 2.75) is 33.0 Å². The summed E-state index contributed by atoms with van der Waals surface area (Å²) < 4.78 is 5.37. The van der Waals surface area contributed by atoms with Gasteiger partial charge in [0.25, 0.3) is 0 Å². The van der Waals surface area contributed by atoms with Crippen LogP contribution in [-0.2, 0) is 17.8 Å². The Kier molecular flexibility index (Phi) is 11.1. The summed E-state index contributed by atoms with van der Waals surface area (Å²) in [4.78, 5) is 21.0. The van der Waals surface area contributed by atoms with E-state index in [2.05, 4.69) is 56.5 Å². The van der Waals surface area contributed by atoms with Crippen molar-refractivity contribution in [1.82, 2.24) is 25.1 Å². The van der Waals surface area contributed by atoms with Crippen LogP contribution in [0.4, 0.5) is 5.82 Å². The lowest BCUT2D eigenvalue weighted by Gasteiger charge is -2.33. The van der Waals surface area contributed by atoms with E-state index in [-0.39, 0.29) is 30.1 Å². The Morgan fingerprint density at radius 2 is 2.06 bits per heavy atom. The second-order valence-corrected chi connectivity index (χ2v) is 8.79. The first kappa shape index (κ1) is 26.7. The zero-order chi connectivity index (χ0) is 22.2. The van der Waals surface area contributed by atoms with E-state index in [1.807, 2.05) is 20.2 Å². The van der Waals surface area contributed by atoms with Crippen molar-refractivity contribution in [3.05, 3.63) is 40.0 Å². The van der Waals surface area contributed by atoms with Gasteiger partial charge < -0.3 is 24.8 Å². The van der Waals surface area contributed by atoms with Gasteiger partial charge in [-0.1, -0.05) is 6.07 Å². The topological polar surface area (TPSA) is 69.1 Å². The van der Waals surface area contributed by atoms with Crippen molar-refractivity contribution >= 4 is 47.1 Å². The maximum absolute atomic E-state index is 5.37. The van der Waals surface area contributed by atoms with Crippen molar-refractivity contribution in [1.29, 1.82) is 0 Å². The highest BCUT2D eigenvalue weighted by atomic mass is 127. The summed E-state index contributed by atoms with van der Waals surface area (Å²) in [5, 5.41) is 6.46. The van der Waals surface area contributed by atoms with E-state index in [9.17, 15) is 0 Å². The summed E-state index contributed by atoms with van der Waals surface area (Å²) >= 11 is 1.63. The lowest BCUT2D eigenvalue weighted by molar-refractivity contribution is 0.119. The third-order valence-corrected chi connectivity index (χ3v) is 6.47. The molecule has 8 nitrogen and oxygen atoms in total. The lowest BCUT2D eigenvalue weighted by Crippen LogP contribution is -2.44. The predicted octanol–water partition coefficient (Wildman–Crippen LogP) is 3.21. The van der Waals surface area contributed by atoms with Crippen LogP contribution in [-0.4, -0.2) is 79.7 Å². The maximum Gasteiger partial charge on any atom is 0.194 e. The normalized spacial score (nSPS) is 15.9. The number of hydrogen-bond donors (Lipinski definition) is 1. The zero-order valence-electron chi connectivity index (χ0n) is 19.7. The van der Waals surface area contributed by atoms with Gasteiger partial charge in [0, 0.05) is 58.5 Å². The van der Waals surface area contributed by atoms with Gasteiger partial charge in [0.05, 0.1) is 18.8 Å². The molecule has 1 unspecified atom stereocenters. The second-order valence-electron chi connectivity index (χ2n) is 7.90. The third-order valence-electron chi connectivity index (χ3n) is 5.41. The smallest absolute Gasteiger partial charge is 0.194 e. The molecule has 0 saturated carbocycles. The first-order valence-corrected chi connectivity index (χ1v) is 11.7. The molecule has 0 spiro atoms. The Balaban J connectivity index is 0.00000363. The van der Waals surface area contributed by atoms with Gasteiger partial charge in [0.15, 0.2) is 5.96 Å². The minimum Gasteiger partial charge on any atom is -0.375 e. The number of methoxy groups -OCH3 is 1. The number of nitrogens with zero attached hydrogens (tertiary/aromatic N) is 6. The molecule has 0 amide bonds. The number of guanidine groups is 1. The van der Waals surface area contributed by atoms with Crippen molar-refractivity contribution in [2.24, 2.45) is 4.99 Å². The van der Waals surface area contributed by atoms with Crippen LogP contribution in [0.3, 0.4) is 0 Å². The number of piperazine rings is 1. The molecular weight excluding hydrogens is 537 g/mol. The Hall–Kier alpha value is -1.50. The maximum atomic E-state index is 5.37. The average Bonchev–Trinajstić information content (AvgIpc) is 3.25. The monoisotopic (exact) mass is 573 g/mol. The van der Waals surface area contributed by atoms with Crippen LogP contribution in [0.25, 0.3) is 0 Å². The summed E-state index contributed by atoms with van der Waals surface area (Å²) in [5.74, 6) is 1.91. The fourth-order valence-electron chi connectivity index (χ4n) is 3.37.